The molecule has 1 aliphatic carbocycles. The monoisotopic (exact) mass is 208 g/mol. The molecule has 1 aromatic carbocycles. The average molecular weight is 209 g/mol. The van der Waals surface area contributed by atoms with Crippen LogP contribution in [0.25, 0.3) is 0 Å². The van der Waals surface area contributed by atoms with Crippen molar-refractivity contribution in [3.05, 3.63) is 34.3 Å². The fraction of sp³-hybridized carbons (Fsp3) is 0.538. The molecule has 1 aromatic rings. The molecule has 0 aromatic heterocycles. The maximum absolute atomic E-state index is 6.02. The summed E-state index contributed by atoms with van der Waals surface area (Å²) in [6.07, 6.45) is 4.09. The molecule has 14 heavy (non-hydrogen) atoms. The van der Waals surface area contributed by atoms with Crippen molar-refractivity contribution in [3.63, 3.8) is 0 Å². The second-order valence-corrected chi connectivity index (χ2v) is 4.77. The minimum absolute atomic E-state index is 0.769. The highest BCUT2D eigenvalue weighted by atomic mass is 35.5. The minimum Gasteiger partial charge on any atom is -0.0841 e. The van der Waals surface area contributed by atoms with Crippen LogP contribution in [0, 0.1) is 12.8 Å². The molecule has 2 rings (SSSR count). The second-order valence-electron chi connectivity index (χ2n) is 4.36. The van der Waals surface area contributed by atoms with E-state index in [1.54, 1.807) is 0 Å². The van der Waals surface area contributed by atoms with E-state index < -0.39 is 0 Å². The van der Waals surface area contributed by atoms with Crippen LogP contribution in [0.1, 0.15) is 43.2 Å². The van der Waals surface area contributed by atoms with Crippen LogP contribution in [0.3, 0.4) is 0 Å². The summed E-state index contributed by atoms with van der Waals surface area (Å²) in [4.78, 5) is 0. The average Bonchev–Trinajstić information content (AvgIpc) is 2.96. The van der Waals surface area contributed by atoms with Crippen LogP contribution in [0.15, 0.2) is 18.2 Å². The predicted molar refractivity (Wildman–Crippen MR) is 61.9 cm³/mol. The lowest BCUT2D eigenvalue weighted by Crippen LogP contribution is -1.99. The highest BCUT2D eigenvalue weighted by molar-refractivity contribution is 6.31. The van der Waals surface area contributed by atoms with Gasteiger partial charge in [-0.3, -0.25) is 0 Å². The third-order valence-corrected chi connectivity index (χ3v) is 3.67. The van der Waals surface area contributed by atoms with Crippen molar-refractivity contribution in [1.29, 1.82) is 0 Å². The summed E-state index contributed by atoms with van der Waals surface area (Å²) in [5.74, 6) is 1.71. The fourth-order valence-corrected chi connectivity index (χ4v) is 2.36. The SMILES string of the molecule is CCC(c1ccc(Cl)c(C)c1)C1CC1. The largest absolute Gasteiger partial charge is 0.0841 e. The molecule has 0 amide bonds. The second kappa shape index (κ2) is 3.94. The molecule has 1 atom stereocenters. The summed E-state index contributed by atoms with van der Waals surface area (Å²) < 4.78 is 0. The molecule has 0 saturated heterocycles. The number of aryl methyl sites for hydroxylation is 1. The molecular weight excluding hydrogens is 192 g/mol. The Kier molecular flexibility index (Phi) is 2.83. The maximum atomic E-state index is 6.02. The van der Waals surface area contributed by atoms with Crippen LogP contribution in [-0.2, 0) is 0 Å². The molecule has 1 unspecified atom stereocenters. The molecule has 0 N–H and O–H groups in total. The van der Waals surface area contributed by atoms with Crippen molar-refractivity contribution < 1.29 is 0 Å². The molecule has 1 aliphatic rings. The van der Waals surface area contributed by atoms with E-state index in [1.165, 1.54) is 30.4 Å². The Hall–Kier alpha value is -0.490. The number of rotatable bonds is 3. The lowest BCUT2D eigenvalue weighted by atomic mass is 9.91. The highest BCUT2D eigenvalue weighted by Gasteiger charge is 2.30. The normalized spacial score (nSPS) is 18.2. The Morgan fingerprint density at radius 2 is 2.14 bits per heavy atom. The molecule has 1 saturated carbocycles. The Morgan fingerprint density at radius 1 is 1.43 bits per heavy atom. The van der Waals surface area contributed by atoms with Gasteiger partial charge in [-0.1, -0.05) is 30.7 Å². The highest BCUT2D eigenvalue weighted by Crippen LogP contribution is 2.44. The molecule has 0 aliphatic heterocycles. The Labute approximate surface area is 91.3 Å². The van der Waals surface area contributed by atoms with Crippen LogP contribution in [-0.4, -0.2) is 0 Å². The van der Waals surface area contributed by atoms with Gasteiger partial charge in [0.05, 0.1) is 0 Å². The van der Waals surface area contributed by atoms with Crippen LogP contribution in [0.4, 0.5) is 0 Å². The standard InChI is InChI=1S/C13H17Cl/c1-3-12(10-4-5-10)11-6-7-13(14)9(2)8-11/h6-8,10,12H,3-5H2,1-2H3. The fourth-order valence-electron chi connectivity index (χ4n) is 2.24. The molecule has 1 heteroatoms. The third-order valence-electron chi connectivity index (χ3n) is 3.24. The van der Waals surface area contributed by atoms with Gasteiger partial charge < -0.3 is 0 Å². The van der Waals surface area contributed by atoms with Crippen molar-refractivity contribution in [2.24, 2.45) is 5.92 Å². The lowest BCUT2D eigenvalue weighted by Gasteiger charge is -2.15. The van der Waals surface area contributed by atoms with E-state index in [1.807, 2.05) is 6.07 Å². The topological polar surface area (TPSA) is 0 Å². The summed E-state index contributed by atoms with van der Waals surface area (Å²) in [5.41, 5.74) is 2.69. The van der Waals surface area contributed by atoms with Crippen molar-refractivity contribution in [2.45, 2.75) is 39.0 Å². The van der Waals surface area contributed by atoms with Gasteiger partial charge in [0.1, 0.15) is 0 Å². The number of hydrogen-bond acceptors (Lipinski definition) is 0. The Bertz CT molecular complexity index is 326. The van der Waals surface area contributed by atoms with Crippen LogP contribution in [0.2, 0.25) is 5.02 Å². The molecule has 0 heterocycles. The zero-order chi connectivity index (χ0) is 10.1. The maximum Gasteiger partial charge on any atom is 0.0435 e. The first-order valence-corrected chi connectivity index (χ1v) is 5.86. The van der Waals surface area contributed by atoms with Gasteiger partial charge in [-0.05, 0) is 55.2 Å². The Morgan fingerprint density at radius 3 is 2.64 bits per heavy atom. The summed E-state index contributed by atoms with van der Waals surface area (Å²) in [6.45, 7) is 4.37. The number of hydrogen-bond donors (Lipinski definition) is 0. The van der Waals surface area contributed by atoms with E-state index in [0.717, 1.165) is 16.9 Å². The zero-order valence-electron chi connectivity index (χ0n) is 8.89. The van der Waals surface area contributed by atoms with E-state index in [2.05, 4.69) is 26.0 Å². The van der Waals surface area contributed by atoms with E-state index in [0.29, 0.717) is 0 Å². The van der Waals surface area contributed by atoms with Crippen LogP contribution >= 0.6 is 11.6 Å². The predicted octanol–water partition coefficient (Wildman–Crippen LogP) is 4.55. The van der Waals surface area contributed by atoms with Gasteiger partial charge in [-0.15, -0.1) is 0 Å². The molecular formula is C13H17Cl. The molecule has 76 valence electrons. The van der Waals surface area contributed by atoms with Gasteiger partial charge in [-0.2, -0.15) is 0 Å². The first-order chi connectivity index (χ1) is 6.72. The molecule has 0 spiro atoms. The summed E-state index contributed by atoms with van der Waals surface area (Å²) >= 11 is 6.02. The smallest absolute Gasteiger partial charge is 0.0435 e. The van der Waals surface area contributed by atoms with Crippen LogP contribution < -0.4 is 0 Å². The first kappa shape index (κ1) is 10.0. The third kappa shape index (κ3) is 1.95. The summed E-state index contributed by atoms with van der Waals surface area (Å²) in [6, 6.07) is 6.49. The molecule has 0 nitrogen and oxygen atoms in total. The van der Waals surface area contributed by atoms with E-state index in [-0.39, 0.29) is 0 Å². The molecule has 0 bridgehead atoms. The van der Waals surface area contributed by atoms with Gasteiger partial charge in [0, 0.05) is 5.02 Å². The van der Waals surface area contributed by atoms with Crippen molar-refractivity contribution in [1.82, 2.24) is 0 Å². The number of halogens is 1. The van der Waals surface area contributed by atoms with Gasteiger partial charge in [-0.25, -0.2) is 0 Å². The van der Waals surface area contributed by atoms with E-state index >= 15 is 0 Å². The van der Waals surface area contributed by atoms with Gasteiger partial charge in [0.2, 0.25) is 0 Å². The van der Waals surface area contributed by atoms with E-state index in [4.69, 9.17) is 11.6 Å². The molecule has 1 fully saturated rings. The van der Waals surface area contributed by atoms with Crippen molar-refractivity contribution in [2.75, 3.05) is 0 Å². The molecule has 0 radical (unpaired) electrons. The van der Waals surface area contributed by atoms with Crippen molar-refractivity contribution in [3.8, 4) is 0 Å². The van der Waals surface area contributed by atoms with Crippen LogP contribution in [0.5, 0.6) is 0 Å². The van der Waals surface area contributed by atoms with Crippen molar-refractivity contribution >= 4 is 11.6 Å². The first-order valence-electron chi connectivity index (χ1n) is 5.48. The van der Waals surface area contributed by atoms with Gasteiger partial charge in [0.15, 0.2) is 0 Å². The Balaban J connectivity index is 2.25. The van der Waals surface area contributed by atoms with Gasteiger partial charge >= 0.3 is 0 Å². The lowest BCUT2D eigenvalue weighted by molar-refractivity contribution is 0.586. The number of benzene rings is 1. The summed E-state index contributed by atoms with van der Waals surface area (Å²) in [5, 5.41) is 0.888. The minimum atomic E-state index is 0.769. The quantitative estimate of drug-likeness (QED) is 0.684. The zero-order valence-corrected chi connectivity index (χ0v) is 9.64. The van der Waals surface area contributed by atoms with Gasteiger partial charge in [0.25, 0.3) is 0 Å². The van der Waals surface area contributed by atoms with E-state index in [9.17, 15) is 0 Å². The summed E-state index contributed by atoms with van der Waals surface area (Å²) in [7, 11) is 0.